The van der Waals surface area contributed by atoms with Crippen molar-refractivity contribution >= 4 is 40.1 Å². The van der Waals surface area contributed by atoms with E-state index in [-0.39, 0.29) is 11.3 Å². The molecule has 0 fully saturated rings. The second-order valence-corrected chi connectivity index (χ2v) is 6.24. The minimum atomic E-state index is -0.607. The molecule has 2 rings (SSSR count). The zero-order valence-corrected chi connectivity index (χ0v) is 14.1. The Hall–Kier alpha value is -2.93. The normalized spacial score (nSPS) is 11.0. The van der Waals surface area contributed by atoms with Gasteiger partial charge in [0.25, 0.3) is 11.8 Å². The van der Waals surface area contributed by atoms with Crippen LogP contribution >= 0.6 is 11.3 Å². The summed E-state index contributed by atoms with van der Waals surface area (Å²) >= 11 is 1.26. The van der Waals surface area contributed by atoms with Crippen LogP contribution in [0, 0.1) is 13.8 Å². The van der Waals surface area contributed by atoms with Crippen molar-refractivity contribution in [1.82, 2.24) is 0 Å². The molecule has 0 unspecified atom stereocenters. The lowest BCUT2D eigenvalue weighted by molar-refractivity contribution is -0.113. The molecule has 0 spiro atoms. The zero-order valence-electron chi connectivity index (χ0n) is 13.3. The molecule has 124 valence electrons. The largest absolute Gasteiger partial charge is 0.365 e. The lowest BCUT2D eigenvalue weighted by Crippen LogP contribution is -2.22. The highest BCUT2D eigenvalue weighted by atomic mass is 32.1. The maximum atomic E-state index is 12.5. The topological polar surface area (TPSA) is 101 Å². The van der Waals surface area contributed by atoms with E-state index in [0.29, 0.717) is 17.0 Å². The first-order chi connectivity index (χ1) is 11.4. The number of primary amides is 1. The SMILES string of the molecule is Cc1sc(NC(=O)C(=CC=O)Nc2ccccc2)c(C(N)=O)c1C. The first kappa shape index (κ1) is 17.4. The van der Waals surface area contributed by atoms with Crippen LogP contribution in [0.5, 0.6) is 0 Å². The highest BCUT2D eigenvalue weighted by Gasteiger charge is 2.20. The van der Waals surface area contributed by atoms with Gasteiger partial charge in [-0.25, -0.2) is 0 Å². The van der Waals surface area contributed by atoms with Crippen LogP contribution in [0.1, 0.15) is 20.8 Å². The Bertz CT molecular complexity index is 810. The van der Waals surface area contributed by atoms with E-state index < -0.39 is 11.8 Å². The molecule has 0 aliphatic carbocycles. The number of aryl methyl sites for hydroxylation is 1. The van der Waals surface area contributed by atoms with Crippen molar-refractivity contribution in [3.05, 3.63) is 58.1 Å². The molecule has 6 nitrogen and oxygen atoms in total. The quantitative estimate of drug-likeness (QED) is 0.554. The van der Waals surface area contributed by atoms with E-state index in [1.54, 1.807) is 31.2 Å². The van der Waals surface area contributed by atoms with Crippen LogP contribution < -0.4 is 16.4 Å². The maximum Gasteiger partial charge on any atom is 0.272 e. The third-order valence-electron chi connectivity index (χ3n) is 3.39. The number of amides is 2. The van der Waals surface area contributed by atoms with Crippen molar-refractivity contribution in [2.24, 2.45) is 5.73 Å². The molecule has 4 N–H and O–H groups in total. The van der Waals surface area contributed by atoms with E-state index in [0.717, 1.165) is 16.5 Å². The van der Waals surface area contributed by atoms with Crippen LogP contribution in [-0.2, 0) is 9.59 Å². The van der Waals surface area contributed by atoms with Gasteiger partial charge in [-0.05, 0) is 31.5 Å². The highest BCUT2D eigenvalue weighted by Crippen LogP contribution is 2.32. The van der Waals surface area contributed by atoms with Crippen molar-refractivity contribution in [2.75, 3.05) is 10.6 Å². The lowest BCUT2D eigenvalue weighted by Gasteiger charge is -2.11. The van der Waals surface area contributed by atoms with Gasteiger partial charge in [0.2, 0.25) is 0 Å². The van der Waals surface area contributed by atoms with Gasteiger partial charge < -0.3 is 16.4 Å². The molecule has 0 bridgehead atoms. The van der Waals surface area contributed by atoms with Crippen molar-refractivity contribution in [1.29, 1.82) is 0 Å². The minimum absolute atomic E-state index is 0.0651. The van der Waals surface area contributed by atoms with Gasteiger partial charge in [0.15, 0.2) is 0 Å². The van der Waals surface area contributed by atoms with E-state index in [2.05, 4.69) is 10.6 Å². The van der Waals surface area contributed by atoms with E-state index in [1.165, 1.54) is 11.3 Å². The second kappa shape index (κ2) is 7.56. The smallest absolute Gasteiger partial charge is 0.272 e. The van der Waals surface area contributed by atoms with E-state index >= 15 is 0 Å². The molecule has 0 aliphatic rings. The van der Waals surface area contributed by atoms with Crippen LogP contribution in [0.15, 0.2) is 42.1 Å². The first-order valence-electron chi connectivity index (χ1n) is 7.12. The Labute approximate surface area is 143 Å². The molecule has 1 aromatic carbocycles. The third-order valence-corrected chi connectivity index (χ3v) is 4.51. The molecule has 2 aromatic rings. The molecule has 2 amide bonds. The number of thiophene rings is 1. The number of para-hydroxylation sites is 1. The average molecular weight is 343 g/mol. The number of hydrogen-bond acceptors (Lipinski definition) is 5. The summed E-state index contributed by atoms with van der Waals surface area (Å²) in [5.41, 5.74) is 7.14. The fourth-order valence-corrected chi connectivity index (χ4v) is 3.16. The summed E-state index contributed by atoms with van der Waals surface area (Å²) < 4.78 is 0. The number of rotatable bonds is 6. The maximum absolute atomic E-state index is 12.5. The standard InChI is InChI=1S/C17H17N3O3S/c1-10-11(2)24-17(14(10)15(18)22)20-16(23)13(8-9-21)19-12-6-4-3-5-7-12/h3-9,19H,1-2H3,(H2,18,22)(H,20,23). The molecule has 1 aromatic heterocycles. The van der Waals surface area contributed by atoms with Gasteiger partial charge in [-0.15, -0.1) is 11.3 Å². The van der Waals surface area contributed by atoms with Gasteiger partial charge in [-0.1, -0.05) is 18.2 Å². The van der Waals surface area contributed by atoms with Gasteiger partial charge in [-0.2, -0.15) is 0 Å². The van der Waals surface area contributed by atoms with Crippen LogP contribution in [0.4, 0.5) is 10.7 Å². The van der Waals surface area contributed by atoms with Crippen LogP contribution in [0.3, 0.4) is 0 Å². The van der Waals surface area contributed by atoms with E-state index in [1.807, 2.05) is 13.0 Å². The third kappa shape index (κ3) is 3.88. The Morgan fingerprint density at radius 2 is 1.79 bits per heavy atom. The lowest BCUT2D eigenvalue weighted by atomic mass is 10.1. The van der Waals surface area contributed by atoms with E-state index in [4.69, 9.17) is 5.73 Å². The van der Waals surface area contributed by atoms with Gasteiger partial charge in [-0.3, -0.25) is 14.4 Å². The van der Waals surface area contributed by atoms with Gasteiger partial charge in [0, 0.05) is 16.6 Å². The predicted molar refractivity (Wildman–Crippen MR) is 95.2 cm³/mol. The number of nitrogens with one attached hydrogen (secondary N) is 2. The van der Waals surface area contributed by atoms with Gasteiger partial charge in [0.1, 0.15) is 17.0 Å². The Morgan fingerprint density at radius 3 is 2.38 bits per heavy atom. The first-order valence-corrected chi connectivity index (χ1v) is 7.94. The van der Waals surface area contributed by atoms with Gasteiger partial charge >= 0.3 is 0 Å². The van der Waals surface area contributed by atoms with Crippen LogP contribution in [-0.4, -0.2) is 18.1 Å². The molecular weight excluding hydrogens is 326 g/mol. The number of nitrogens with two attached hydrogens (primary N) is 1. The predicted octanol–water partition coefficient (Wildman–Crippen LogP) is 2.60. The molecule has 7 heteroatoms. The summed E-state index contributed by atoms with van der Waals surface area (Å²) in [5, 5.41) is 5.89. The number of aldehydes is 1. The number of hydrogen-bond donors (Lipinski definition) is 3. The van der Waals surface area contributed by atoms with Crippen molar-refractivity contribution in [2.45, 2.75) is 13.8 Å². The fraction of sp³-hybridized carbons (Fsp3) is 0.118. The van der Waals surface area contributed by atoms with E-state index in [9.17, 15) is 14.4 Å². The summed E-state index contributed by atoms with van der Waals surface area (Å²) in [6.45, 7) is 3.61. The number of carbonyl (C=O) groups is 3. The number of benzene rings is 1. The second-order valence-electron chi connectivity index (χ2n) is 5.01. The Kier molecular flexibility index (Phi) is 5.49. The molecule has 24 heavy (non-hydrogen) atoms. The number of allylic oxidation sites excluding steroid dienone is 1. The van der Waals surface area contributed by atoms with Crippen molar-refractivity contribution in [3.63, 3.8) is 0 Å². The summed E-state index contributed by atoms with van der Waals surface area (Å²) in [4.78, 5) is 35.8. The molecular formula is C17H17N3O3S. The number of anilines is 2. The summed E-state index contributed by atoms with van der Waals surface area (Å²) in [6, 6.07) is 8.97. The fourth-order valence-electron chi connectivity index (χ4n) is 2.10. The monoisotopic (exact) mass is 343 g/mol. The van der Waals surface area contributed by atoms with Crippen molar-refractivity contribution < 1.29 is 14.4 Å². The number of carbonyl (C=O) groups excluding carboxylic acids is 3. The molecule has 0 atom stereocenters. The molecule has 0 saturated carbocycles. The van der Waals surface area contributed by atoms with Crippen molar-refractivity contribution in [3.8, 4) is 0 Å². The van der Waals surface area contributed by atoms with Crippen LogP contribution in [0.2, 0.25) is 0 Å². The minimum Gasteiger partial charge on any atom is -0.365 e. The molecule has 0 aliphatic heterocycles. The summed E-state index contributed by atoms with van der Waals surface area (Å²) in [7, 11) is 0. The highest BCUT2D eigenvalue weighted by molar-refractivity contribution is 7.16. The summed E-state index contributed by atoms with van der Waals surface area (Å²) in [5.74, 6) is -1.14. The van der Waals surface area contributed by atoms with Gasteiger partial charge in [0.05, 0.1) is 5.56 Å². The average Bonchev–Trinajstić information content (AvgIpc) is 2.82. The Balaban J connectivity index is 2.26. The summed E-state index contributed by atoms with van der Waals surface area (Å²) in [6.07, 6.45) is 1.64. The van der Waals surface area contributed by atoms with Crippen LogP contribution in [0.25, 0.3) is 0 Å². The molecule has 0 radical (unpaired) electrons. The zero-order chi connectivity index (χ0) is 17.7. The molecule has 1 heterocycles. The Morgan fingerprint density at radius 1 is 1.12 bits per heavy atom. The molecule has 0 saturated heterocycles.